The normalized spacial score (nSPS) is 11.0. The van der Waals surface area contributed by atoms with E-state index in [1.54, 1.807) is 0 Å². The quantitative estimate of drug-likeness (QED) is 0.450. The third kappa shape index (κ3) is 4.08. The number of halogens is 1. The standard InChI is InChI=1S/C14H12FN3O6S/c15-10-4-6-13(7-5-10)25(23,24)17(9-14(19)16-20)11-2-1-3-12(8-11)18(21)22/h1-8,20H,9H2,(H,16,19). The highest BCUT2D eigenvalue weighted by Gasteiger charge is 2.28. The molecule has 2 rings (SSSR count). The highest BCUT2D eigenvalue weighted by Crippen LogP contribution is 2.27. The van der Waals surface area contributed by atoms with Crippen LogP contribution >= 0.6 is 0 Å². The van der Waals surface area contributed by atoms with Crippen LogP contribution in [0.1, 0.15) is 0 Å². The van der Waals surface area contributed by atoms with Gasteiger partial charge in [-0.25, -0.2) is 18.3 Å². The summed E-state index contributed by atoms with van der Waals surface area (Å²) in [6.45, 7) is -0.836. The van der Waals surface area contributed by atoms with Crippen LogP contribution in [0.4, 0.5) is 15.8 Å². The molecule has 9 nitrogen and oxygen atoms in total. The Bertz CT molecular complexity index is 901. The zero-order valence-electron chi connectivity index (χ0n) is 12.5. The van der Waals surface area contributed by atoms with Crippen molar-refractivity contribution in [2.75, 3.05) is 10.8 Å². The highest BCUT2D eigenvalue weighted by atomic mass is 32.2. The minimum atomic E-state index is -4.35. The molecule has 0 heterocycles. The molecule has 0 radical (unpaired) electrons. The van der Waals surface area contributed by atoms with E-state index in [4.69, 9.17) is 5.21 Å². The Morgan fingerprint density at radius 3 is 2.44 bits per heavy atom. The molecule has 0 fully saturated rings. The maximum atomic E-state index is 13.0. The molecule has 132 valence electrons. The van der Waals surface area contributed by atoms with E-state index < -0.39 is 33.2 Å². The molecule has 0 unspecified atom stereocenters. The van der Waals surface area contributed by atoms with Crippen LogP contribution in [-0.2, 0) is 14.8 Å². The number of benzene rings is 2. The molecule has 0 bridgehead atoms. The summed E-state index contributed by atoms with van der Waals surface area (Å²) >= 11 is 0. The van der Waals surface area contributed by atoms with Crippen LogP contribution in [-0.4, -0.2) is 31.0 Å². The number of nitrogens with one attached hydrogen (secondary N) is 1. The van der Waals surface area contributed by atoms with Crippen LogP contribution in [0.15, 0.2) is 53.4 Å². The molecule has 0 aliphatic rings. The maximum Gasteiger partial charge on any atom is 0.271 e. The lowest BCUT2D eigenvalue weighted by Gasteiger charge is -2.23. The Hall–Kier alpha value is -3.05. The van der Waals surface area contributed by atoms with E-state index >= 15 is 0 Å². The molecule has 1 amide bonds. The lowest BCUT2D eigenvalue weighted by molar-refractivity contribution is -0.384. The van der Waals surface area contributed by atoms with E-state index in [1.807, 2.05) is 0 Å². The summed E-state index contributed by atoms with van der Waals surface area (Å²) in [4.78, 5) is 21.3. The maximum absolute atomic E-state index is 13.0. The van der Waals surface area contributed by atoms with E-state index in [-0.39, 0.29) is 16.3 Å². The van der Waals surface area contributed by atoms with Crippen molar-refractivity contribution in [2.24, 2.45) is 0 Å². The molecular weight excluding hydrogens is 357 g/mol. The monoisotopic (exact) mass is 369 g/mol. The number of carbonyl (C=O) groups is 1. The largest absolute Gasteiger partial charge is 0.289 e. The predicted molar refractivity (Wildman–Crippen MR) is 84.0 cm³/mol. The fourth-order valence-corrected chi connectivity index (χ4v) is 3.39. The molecule has 25 heavy (non-hydrogen) atoms. The summed E-state index contributed by atoms with van der Waals surface area (Å²) < 4.78 is 39.1. The van der Waals surface area contributed by atoms with Gasteiger partial charge in [0.15, 0.2) is 0 Å². The Morgan fingerprint density at radius 1 is 1.24 bits per heavy atom. The first-order valence-electron chi connectivity index (χ1n) is 6.71. The fourth-order valence-electron chi connectivity index (χ4n) is 1.98. The Balaban J connectivity index is 2.56. The second-order valence-electron chi connectivity index (χ2n) is 4.78. The van der Waals surface area contributed by atoms with Crippen LogP contribution in [0.2, 0.25) is 0 Å². The number of hydrogen-bond acceptors (Lipinski definition) is 6. The van der Waals surface area contributed by atoms with Crippen LogP contribution < -0.4 is 9.79 Å². The third-order valence-corrected chi connectivity index (χ3v) is 4.93. The van der Waals surface area contributed by atoms with Crippen molar-refractivity contribution in [1.82, 2.24) is 5.48 Å². The van der Waals surface area contributed by atoms with Crippen LogP contribution in [0.25, 0.3) is 0 Å². The second-order valence-corrected chi connectivity index (χ2v) is 6.64. The second kappa shape index (κ2) is 7.23. The van der Waals surface area contributed by atoms with E-state index in [1.165, 1.54) is 17.6 Å². The molecule has 0 saturated carbocycles. The zero-order chi connectivity index (χ0) is 18.6. The van der Waals surface area contributed by atoms with Gasteiger partial charge in [-0.15, -0.1) is 0 Å². The molecule has 0 atom stereocenters. The number of sulfonamides is 1. The highest BCUT2D eigenvalue weighted by molar-refractivity contribution is 7.92. The van der Waals surface area contributed by atoms with Gasteiger partial charge in [0.05, 0.1) is 15.5 Å². The Kier molecular flexibility index (Phi) is 5.29. The number of hydrogen-bond donors (Lipinski definition) is 2. The number of nitro groups is 1. The summed E-state index contributed by atoms with van der Waals surface area (Å²) in [5.74, 6) is -1.72. The average Bonchev–Trinajstić information content (AvgIpc) is 2.59. The topological polar surface area (TPSA) is 130 Å². The van der Waals surface area contributed by atoms with Crippen molar-refractivity contribution in [3.05, 3.63) is 64.5 Å². The van der Waals surface area contributed by atoms with Crippen LogP contribution in [0.5, 0.6) is 0 Å². The third-order valence-electron chi connectivity index (χ3n) is 3.14. The fraction of sp³-hybridized carbons (Fsp3) is 0.0714. The van der Waals surface area contributed by atoms with Crippen molar-refractivity contribution >= 4 is 27.3 Å². The number of nitro benzene ring substituents is 1. The SMILES string of the molecule is O=C(CN(c1cccc([N+](=O)[O-])c1)S(=O)(=O)c1ccc(F)cc1)NO. The van der Waals surface area contributed by atoms with E-state index in [0.29, 0.717) is 4.31 Å². The summed E-state index contributed by atoms with van der Waals surface area (Å²) in [6.07, 6.45) is 0. The van der Waals surface area contributed by atoms with Gasteiger partial charge in [0.25, 0.3) is 21.6 Å². The average molecular weight is 369 g/mol. The van der Waals surface area contributed by atoms with Gasteiger partial charge in [0, 0.05) is 12.1 Å². The first-order chi connectivity index (χ1) is 11.8. The summed E-state index contributed by atoms with van der Waals surface area (Å²) in [7, 11) is -4.35. The number of nitrogens with zero attached hydrogens (tertiary/aromatic N) is 2. The smallest absolute Gasteiger partial charge is 0.271 e. The molecule has 0 aromatic heterocycles. The van der Waals surface area contributed by atoms with Gasteiger partial charge in [0.1, 0.15) is 12.4 Å². The van der Waals surface area contributed by atoms with Gasteiger partial charge in [-0.05, 0) is 30.3 Å². The Morgan fingerprint density at radius 2 is 1.88 bits per heavy atom. The molecule has 2 aromatic carbocycles. The van der Waals surface area contributed by atoms with Crippen molar-refractivity contribution in [3.63, 3.8) is 0 Å². The minimum absolute atomic E-state index is 0.165. The van der Waals surface area contributed by atoms with E-state index in [9.17, 15) is 27.7 Å². The van der Waals surface area contributed by atoms with E-state index in [2.05, 4.69) is 0 Å². The van der Waals surface area contributed by atoms with Crippen molar-refractivity contribution in [3.8, 4) is 0 Å². The minimum Gasteiger partial charge on any atom is -0.289 e. The number of non-ortho nitro benzene ring substituents is 1. The van der Waals surface area contributed by atoms with E-state index in [0.717, 1.165) is 36.4 Å². The first kappa shape index (κ1) is 18.3. The Labute approximate surface area is 141 Å². The molecule has 2 N–H and O–H groups in total. The van der Waals surface area contributed by atoms with Gasteiger partial charge in [-0.1, -0.05) is 6.07 Å². The number of anilines is 1. The lowest BCUT2D eigenvalue weighted by atomic mass is 10.3. The molecule has 0 aliphatic carbocycles. The summed E-state index contributed by atoms with van der Waals surface area (Å²) in [6, 6.07) is 8.44. The first-order valence-corrected chi connectivity index (χ1v) is 8.15. The van der Waals surface area contributed by atoms with Crippen molar-refractivity contribution in [2.45, 2.75) is 4.90 Å². The van der Waals surface area contributed by atoms with Crippen LogP contribution in [0.3, 0.4) is 0 Å². The number of hydroxylamine groups is 1. The lowest BCUT2D eigenvalue weighted by Crippen LogP contribution is -2.40. The van der Waals surface area contributed by atoms with Crippen molar-refractivity contribution < 1.29 is 27.7 Å². The number of amides is 1. The summed E-state index contributed by atoms with van der Waals surface area (Å²) in [5.41, 5.74) is 0.744. The van der Waals surface area contributed by atoms with Gasteiger partial charge in [-0.2, -0.15) is 0 Å². The number of carbonyl (C=O) groups excluding carboxylic acids is 1. The molecular formula is C14H12FN3O6S. The van der Waals surface area contributed by atoms with Gasteiger partial charge in [-0.3, -0.25) is 24.4 Å². The van der Waals surface area contributed by atoms with Gasteiger partial charge >= 0.3 is 0 Å². The zero-order valence-corrected chi connectivity index (χ0v) is 13.3. The molecule has 2 aromatic rings. The molecule has 0 spiro atoms. The van der Waals surface area contributed by atoms with Crippen LogP contribution in [0, 0.1) is 15.9 Å². The van der Waals surface area contributed by atoms with Gasteiger partial charge < -0.3 is 0 Å². The number of rotatable bonds is 6. The molecule has 0 saturated heterocycles. The molecule has 0 aliphatic heterocycles. The van der Waals surface area contributed by atoms with Gasteiger partial charge in [0.2, 0.25) is 0 Å². The predicted octanol–water partition coefficient (Wildman–Crippen LogP) is 1.43. The van der Waals surface area contributed by atoms with Crippen molar-refractivity contribution in [1.29, 1.82) is 0 Å². The summed E-state index contributed by atoms with van der Waals surface area (Å²) in [5, 5.41) is 19.6. The molecule has 11 heteroatoms.